The van der Waals surface area contributed by atoms with Crippen molar-refractivity contribution in [2.45, 2.75) is 0 Å². The number of ether oxygens (including phenoxy) is 2. The predicted molar refractivity (Wildman–Crippen MR) is 126 cm³/mol. The standard InChI is InChI=1S/C23H21ClN2O5S/c1-30-18-13-16(12-17(24)21(18)31-2)8-9-20(27)25-10-11-26-22(28)19(32-23(26)29)14-15-6-4-3-5-7-15/h3-9,12-14H,10-11H2,1-2H3,(H,25,27). The van der Waals surface area contributed by atoms with Gasteiger partial charge in [0.1, 0.15) is 0 Å². The molecule has 1 fully saturated rings. The molecule has 7 nitrogen and oxygen atoms in total. The van der Waals surface area contributed by atoms with E-state index in [4.69, 9.17) is 21.1 Å². The third kappa shape index (κ3) is 5.72. The van der Waals surface area contributed by atoms with Gasteiger partial charge in [-0.1, -0.05) is 41.9 Å². The van der Waals surface area contributed by atoms with Crippen molar-refractivity contribution in [3.63, 3.8) is 0 Å². The number of hydrogen-bond acceptors (Lipinski definition) is 6. The van der Waals surface area contributed by atoms with Gasteiger partial charge in [0.15, 0.2) is 11.5 Å². The molecule has 2 aromatic rings. The van der Waals surface area contributed by atoms with Gasteiger partial charge >= 0.3 is 0 Å². The monoisotopic (exact) mass is 472 g/mol. The van der Waals surface area contributed by atoms with E-state index in [1.54, 1.807) is 24.3 Å². The van der Waals surface area contributed by atoms with E-state index in [1.165, 1.54) is 20.3 Å². The summed E-state index contributed by atoms with van der Waals surface area (Å²) in [5.41, 5.74) is 1.49. The Hall–Kier alpha value is -3.23. The number of thioether (sulfide) groups is 1. The quantitative estimate of drug-likeness (QED) is 0.579. The maximum Gasteiger partial charge on any atom is 0.293 e. The summed E-state index contributed by atoms with van der Waals surface area (Å²) in [4.78, 5) is 38.3. The SMILES string of the molecule is COc1cc(C=CC(=O)NCCN2C(=O)SC(=Cc3ccccc3)C2=O)cc(Cl)c1OC. The minimum Gasteiger partial charge on any atom is -0.493 e. The van der Waals surface area contributed by atoms with Crippen molar-refractivity contribution in [2.24, 2.45) is 0 Å². The molecular weight excluding hydrogens is 452 g/mol. The highest BCUT2D eigenvalue weighted by atomic mass is 35.5. The lowest BCUT2D eigenvalue weighted by atomic mass is 10.2. The van der Waals surface area contributed by atoms with Gasteiger partial charge in [-0.05, 0) is 47.2 Å². The smallest absolute Gasteiger partial charge is 0.293 e. The van der Waals surface area contributed by atoms with Crippen LogP contribution in [0.3, 0.4) is 0 Å². The molecule has 0 atom stereocenters. The van der Waals surface area contributed by atoms with Crippen LogP contribution < -0.4 is 14.8 Å². The maximum absolute atomic E-state index is 12.5. The first kappa shape index (κ1) is 23.4. The fourth-order valence-corrected chi connectivity index (χ4v) is 4.11. The number of carbonyl (C=O) groups is 3. The zero-order chi connectivity index (χ0) is 23.1. The largest absolute Gasteiger partial charge is 0.493 e. The Kier molecular flexibility index (Phi) is 7.97. The molecule has 0 unspecified atom stereocenters. The van der Waals surface area contributed by atoms with E-state index >= 15 is 0 Å². The Morgan fingerprint density at radius 3 is 2.56 bits per heavy atom. The normalized spacial score (nSPS) is 15.0. The summed E-state index contributed by atoms with van der Waals surface area (Å²) in [6, 6.07) is 12.6. The molecule has 0 aliphatic carbocycles. The van der Waals surface area contributed by atoms with E-state index in [2.05, 4.69) is 5.32 Å². The fourth-order valence-electron chi connectivity index (χ4n) is 2.95. The van der Waals surface area contributed by atoms with Gasteiger partial charge in [0.25, 0.3) is 11.1 Å². The van der Waals surface area contributed by atoms with E-state index in [-0.39, 0.29) is 30.1 Å². The zero-order valence-electron chi connectivity index (χ0n) is 17.5. The molecule has 2 aromatic carbocycles. The number of imide groups is 1. The van der Waals surface area contributed by atoms with Gasteiger partial charge in [-0.25, -0.2) is 0 Å². The number of carbonyl (C=O) groups excluding carboxylic acids is 3. The zero-order valence-corrected chi connectivity index (χ0v) is 19.0. The van der Waals surface area contributed by atoms with Gasteiger partial charge in [-0.2, -0.15) is 0 Å². The van der Waals surface area contributed by atoms with Crippen LogP contribution in [0.25, 0.3) is 12.2 Å². The molecular formula is C23H21ClN2O5S. The van der Waals surface area contributed by atoms with Crippen molar-refractivity contribution >= 4 is 52.6 Å². The van der Waals surface area contributed by atoms with Gasteiger partial charge in [-0.15, -0.1) is 0 Å². The van der Waals surface area contributed by atoms with Gasteiger partial charge in [0, 0.05) is 19.2 Å². The van der Waals surface area contributed by atoms with Crippen LogP contribution >= 0.6 is 23.4 Å². The van der Waals surface area contributed by atoms with E-state index in [0.717, 1.165) is 22.2 Å². The molecule has 0 aromatic heterocycles. The fraction of sp³-hybridized carbons (Fsp3) is 0.174. The van der Waals surface area contributed by atoms with Gasteiger partial charge in [0.2, 0.25) is 5.91 Å². The summed E-state index contributed by atoms with van der Waals surface area (Å²) in [5.74, 6) is 0.119. The minimum absolute atomic E-state index is 0.0819. The Morgan fingerprint density at radius 1 is 1.12 bits per heavy atom. The van der Waals surface area contributed by atoms with E-state index < -0.39 is 0 Å². The summed E-state index contributed by atoms with van der Waals surface area (Å²) in [6.07, 6.45) is 4.59. The lowest BCUT2D eigenvalue weighted by molar-refractivity contribution is -0.123. The predicted octanol–water partition coefficient (Wildman–Crippen LogP) is 4.22. The number of halogens is 1. The molecule has 3 rings (SSSR count). The molecule has 1 saturated heterocycles. The van der Waals surface area contributed by atoms with Crippen molar-refractivity contribution in [3.8, 4) is 11.5 Å². The number of methoxy groups -OCH3 is 2. The molecule has 3 amide bonds. The second-order valence-corrected chi connectivity index (χ2v) is 8.01. The van der Waals surface area contributed by atoms with Crippen molar-refractivity contribution in [3.05, 3.63) is 69.6 Å². The van der Waals surface area contributed by atoms with Crippen LogP contribution in [0.1, 0.15) is 11.1 Å². The van der Waals surface area contributed by atoms with E-state index in [1.807, 2.05) is 30.3 Å². The summed E-state index contributed by atoms with van der Waals surface area (Å²) >= 11 is 7.05. The Bertz CT molecular complexity index is 1090. The summed E-state index contributed by atoms with van der Waals surface area (Å²) in [5, 5.41) is 2.66. The molecule has 1 aliphatic rings. The molecule has 166 valence electrons. The first-order valence-corrected chi connectivity index (χ1v) is 10.8. The molecule has 0 radical (unpaired) electrons. The van der Waals surface area contributed by atoms with Gasteiger partial charge in [-0.3, -0.25) is 19.3 Å². The first-order valence-electron chi connectivity index (χ1n) is 9.60. The molecule has 1 heterocycles. The minimum atomic E-state index is -0.372. The second-order valence-electron chi connectivity index (χ2n) is 6.61. The molecule has 0 saturated carbocycles. The van der Waals surface area contributed by atoms with Crippen LogP contribution in [0.4, 0.5) is 4.79 Å². The van der Waals surface area contributed by atoms with Gasteiger partial charge in [0.05, 0.1) is 24.1 Å². The first-order chi connectivity index (χ1) is 15.4. The second kappa shape index (κ2) is 10.9. The summed E-state index contributed by atoms with van der Waals surface area (Å²) in [7, 11) is 2.98. The van der Waals surface area contributed by atoms with Crippen molar-refractivity contribution < 1.29 is 23.9 Å². The molecule has 0 spiro atoms. The molecule has 32 heavy (non-hydrogen) atoms. The number of rotatable bonds is 8. The Morgan fingerprint density at radius 2 is 1.88 bits per heavy atom. The lowest BCUT2D eigenvalue weighted by Crippen LogP contribution is -2.36. The molecule has 1 aliphatic heterocycles. The van der Waals surface area contributed by atoms with Crippen molar-refractivity contribution in [2.75, 3.05) is 27.3 Å². The summed E-state index contributed by atoms with van der Waals surface area (Å²) < 4.78 is 10.4. The van der Waals surface area contributed by atoms with Crippen LogP contribution in [0.5, 0.6) is 11.5 Å². The van der Waals surface area contributed by atoms with E-state index in [0.29, 0.717) is 27.0 Å². The third-order valence-electron chi connectivity index (χ3n) is 4.49. The number of amides is 3. The van der Waals surface area contributed by atoms with Gasteiger partial charge < -0.3 is 14.8 Å². The highest BCUT2D eigenvalue weighted by Crippen LogP contribution is 2.36. The average Bonchev–Trinajstić information content (AvgIpc) is 3.05. The highest BCUT2D eigenvalue weighted by Gasteiger charge is 2.34. The molecule has 0 bridgehead atoms. The number of benzene rings is 2. The number of nitrogens with one attached hydrogen (secondary N) is 1. The van der Waals surface area contributed by atoms with Crippen LogP contribution in [-0.4, -0.2) is 49.3 Å². The number of nitrogens with zero attached hydrogens (tertiary/aromatic N) is 1. The van der Waals surface area contributed by atoms with E-state index in [9.17, 15) is 14.4 Å². The van der Waals surface area contributed by atoms with Crippen LogP contribution in [0.2, 0.25) is 5.02 Å². The number of hydrogen-bond donors (Lipinski definition) is 1. The van der Waals surface area contributed by atoms with Crippen LogP contribution in [0, 0.1) is 0 Å². The topological polar surface area (TPSA) is 84.9 Å². The van der Waals surface area contributed by atoms with Crippen LogP contribution in [0.15, 0.2) is 53.4 Å². The summed E-state index contributed by atoms with van der Waals surface area (Å²) in [6.45, 7) is 0.213. The maximum atomic E-state index is 12.5. The van der Waals surface area contributed by atoms with Crippen LogP contribution in [-0.2, 0) is 9.59 Å². The molecule has 9 heteroatoms. The third-order valence-corrected chi connectivity index (χ3v) is 5.68. The highest BCUT2D eigenvalue weighted by molar-refractivity contribution is 8.18. The average molecular weight is 473 g/mol. The van der Waals surface area contributed by atoms with Crippen molar-refractivity contribution in [1.29, 1.82) is 0 Å². The Balaban J connectivity index is 1.55. The lowest BCUT2D eigenvalue weighted by Gasteiger charge is -2.12. The van der Waals surface area contributed by atoms with Crippen molar-refractivity contribution in [1.82, 2.24) is 10.2 Å². The Labute approximate surface area is 195 Å². The molecule has 1 N–H and O–H groups in total.